The number of methoxy groups -OCH3 is 1. The fraction of sp³-hybridized carbons (Fsp3) is 0.276. The summed E-state index contributed by atoms with van der Waals surface area (Å²) in [6.07, 6.45) is 0.965. The second-order valence-corrected chi connectivity index (χ2v) is 10.5. The molecule has 1 aromatic heterocycles. The molecule has 1 amide bonds. The van der Waals surface area contributed by atoms with Gasteiger partial charge >= 0.3 is 0 Å². The summed E-state index contributed by atoms with van der Waals surface area (Å²) >= 11 is 1.36. The van der Waals surface area contributed by atoms with Crippen LogP contribution in [0.3, 0.4) is 0 Å². The van der Waals surface area contributed by atoms with Crippen molar-refractivity contribution in [3.8, 4) is 22.8 Å². The normalized spacial score (nSPS) is 11.4. The first-order valence-corrected chi connectivity index (χ1v) is 13.0. The number of hydrogen-bond donors (Lipinski definition) is 1. The van der Waals surface area contributed by atoms with Crippen LogP contribution in [0.25, 0.3) is 17.1 Å². The third-order valence-electron chi connectivity index (χ3n) is 5.95. The Bertz CT molecular complexity index is 1310. The van der Waals surface area contributed by atoms with Crippen molar-refractivity contribution in [2.75, 3.05) is 18.2 Å². The van der Waals surface area contributed by atoms with Crippen molar-refractivity contribution in [2.24, 2.45) is 0 Å². The standard InChI is InChI=1S/C29H32N4O2S/c1-6-20-7-13-23(14-8-20)30-26(34)19-36-28-32-31-27(21-9-11-22(12-10-21)29(2,3)4)33(28)24-15-17-25(35-5)18-16-24/h7-18H,6,19H2,1-5H3,(H,30,34). The summed E-state index contributed by atoms with van der Waals surface area (Å²) in [5.74, 6) is 1.61. The maximum absolute atomic E-state index is 12.7. The molecule has 0 aliphatic heterocycles. The predicted molar refractivity (Wildman–Crippen MR) is 147 cm³/mol. The van der Waals surface area contributed by atoms with Gasteiger partial charge in [-0.2, -0.15) is 0 Å². The topological polar surface area (TPSA) is 69.0 Å². The second kappa shape index (κ2) is 11.0. The zero-order valence-corrected chi connectivity index (χ0v) is 22.2. The molecule has 4 rings (SSSR count). The van der Waals surface area contributed by atoms with E-state index in [1.807, 2.05) is 53.1 Å². The molecule has 7 heteroatoms. The fourth-order valence-electron chi connectivity index (χ4n) is 3.78. The van der Waals surface area contributed by atoms with E-state index in [1.54, 1.807) is 7.11 Å². The molecule has 3 aromatic carbocycles. The summed E-state index contributed by atoms with van der Waals surface area (Å²) in [4.78, 5) is 12.7. The van der Waals surface area contributed by atoms with Crippen molar-refractivity contribution >= 4 is 23.4 Å². The molecule has 186 valence electrons. The first-order chi connectivity index (χ1) is 17.3. The molecule has 0 bridgehead atoms. The summed E-state index contributed by atoms with van der Waals surface area (Å²) in [5.41, 5.74) is 5.19. The Morgan fingerprint density at radius 1 is 0.944 bits per heavy atom. The summed E-state index contributed by atoms with van der Waals surface area (Å²) in [5, 5.41) is 12.6. The molecule has 6 nitrogen and oxygen atoms in total. The van der Waals surface area contributed by atoms with E-state index >= 15 is 0 Å². The van der Waals surface area contributed by atoms with Crippen molar-refractivity contribution in [2.45, 2.75) is 44.7 Å². The van der Waals surface area contributed by atoms with Crippen LogP contribution in [0.15, 0.2) is 78.0 Å². The van der Waals surface area contributed by atoms with Crippen molar-refractivity contribution in [3.63, 3.8) is 0 Å². The highest BCUT2D eigenvalue weighted by atomic mass is 32.2. The maximum atomic E-state index is 12.7. The quantitative estimate of drug-likeness (QED) is 0.278. The summed E-state index contributed by atoms with van der Waals surface area (Å²) in [6.45, 7) is 8.69. The number of carbonyl (C=O) groups is 1. The Labute approximate surface area is 217 Å². The molecule has 0 aliphatic carbocycles. The van der Waals surface area contributed by atoms with Gasteiger partial charge < -0.3 is 10.1 Å². The van der Waals surface area contributed by atoms with Crippen molar-refractivity contribution in [3.05, 3.63) is 83.9 Å². The minimum atomic E-state index is -0.0930. The SMILES string of the molecule is CCc1ccc(NC(=O)CSc2nnc(-c3ccc(C(C)(C)C)cc3)n2-c2ccc(OC)cc2)cc1. The lowest BCUT2D eigenvalue weighted by molar-refractivity contribution is -0.113. The number of nitrogens with one attached hydrogen (secondary N) is 1. The Balaban J connectivity index is 1.59. The number of aryl methyl sites for hydroxylation is 1. The van der Waals surface area contributed by atoms with E-state index in [0.717, 1.165) is 34.9 Å². The minimum Gasteiger partial charge on any atom is -0.497 e. The average molecular weight is 501 g/mol. The number of amides is 1. The third-order valence-corrected chi connectivity index (χ3v) is 6.88. The van der Waals surface area contributed by atoms with Gasteiger partial charge in [0.25, 0.3) is 0 Å². The van der Waals surface area contributed by atoms with Gasteiger partial charge in [-0.15, -0.1) is 10.2 Å². The van der Waals surface area contributed by atoms with Crippen LogP contribution in [0, 0.1) is 0 Å². The highest BCUT2D eigenvalue weighted by Crippen LogP contribution is 2.31. The van der Waals surface area contributed by atoms with Crippen LogP contribution in [-0.4, -0.2) is 33.5 Å². The van der Waals surface area contributed by atoms with Crippen LogP contribution in [0.1, 0.15) is 38.8 Å². The van der Waals surface area contributed by atoms with Crippen LogP contribution < -0.4 is 10.1 Å². The monoisotopic (exact) mass is 500 g/mol. The number of nitrogens with zero attached hydrogens (tertiary/aromatic N) is 3. The number of hydrogen-bond acceptors (Lipinski definition) is 5. The van der Waals surface area contributed by atoms with Gasteiger partial charge in [0.2, 0.25) is 5.91 Å². The third kappa shape index (κ3) is 5.97. The van der Waals surface area contributed by atoms with Gasteiger partial charge in [-0.1, -0.05) is 75.9 Å². The lowest BCUT2D eigenvalue weighted by atomic mass is 9.87. The van der Waals surface area contributed by atoms with Gasteiger partial charge in [-0.3, -0.25) is 9.36 Å². The molecule has 4 aromatic rings. The lowest BCUT2D eigenvalue weighted by Gasteiger charge is -2.19. The summed E-state index contributed by atoms with van der Waals surface area (Å²) in [7, 11) is 1.64. The number of thioether (sulfide) groups is 1. The van der Waals surface area contributed by atoms with Gasteiger partial charge in [-0.05, 0) is 59.4 Å². The molecule has 1 heterocycles. The minimum absolute atomic E-state index is 0.0629. The van der Waals surface area contributed by atoms with E-state index in [9.17, 15) is 4.79 Å². The molecule has 0 unspecified atom stereocenters. The van der Waals surface area contributed by atoms with E-state index in [-0.39, 0.29) is 17.1 Å². The molecule has 0 saturated carbocycles. The summed E-state index contributed by atoms with van der Waals surface area (Å²) < 4.78 is 7.31. The lowest BCUT2D eigenvalue weighted by Crippen LogP contribution is -2.14. The number of benzene rings is 3. The van der Waals surface area contributed by atoms with E-state index in [1.165, 1.54) is 22.9 Å². The number of carbonyl (C=O) groups excluding carboxylic acids is 1. The molecule has 0 aliphatic rings. The van der Waals surface area contributed by atoms with Crippen molar-refractivity contribution in [1.29, 1.82) is 0 Å². The van der Waals surface area contributed by atoms with E-state index < -0.39 is 0 Å². The van der Waals surface area contributed by atoms with Gasteiger partial charge in [0.05, 0.1) is 12.9 Å². The predicted octanol–water partition coefficient (Wildman–Crippen LogP) is 6.53. The highest BCUT2D eigenvalue weighted by molar-refractivity contribution is 7.99. The van der Waals surface area contributed by atoms with E-state index in [0.29, 0.717) is 5.16 Å². The second-order valence-electron chi connectivity index (χ2n) is 9.55. The van der Waals surface area contributed by atoms with E-state index in [4.69, 9.17) is 4.74 Å². The molecule has 0 atom stereocenters. The Hall–Kier alpha value is -3.58. The number of rotatable bonds is 8. The molecule has 1 N–H and O–H groups in total. The van der Waals surface area contributed by atoms with Crippen LogP contribution in [0.5, 0.6) is 5.75 Å². The number of aromatic nitrogens is 3. The van der Waals surface area contributed by atoms with Crippen LogP contribution in [0.4, 0.5) is 5.69 Å². The smallest absolute Gasteiger partial charge is 0.234 e. The molecule has 0 spiro atoms. The molecule has 0 saturated heterocycles. The van der Waals surface area contributed by atoms with E-state index in [2.05, 4.69) is 67.5 Å². The first-order valence-electron chi connectivity index (χ1n) is 12.0. The molecular formula is C29H32N4O2S. The molecular weight excluding hydrogens is 468 g/mol. The Morgan fingerprint density at radius 2 is 1.61 bits per heavy atom. The van der Waals surface area contributed by atoms with Crippen LogP contribution in [0.2, 0.25) is 0 Å². The maximum Gasteiger partial charge on any atom is 0.234 e. The van der Waals surface area contributed by atoms with Crippen molar-refractivity contribution in [1.82, 2.24) is 14.8 Å². The van der Waals surface area contributed by atoms with Gasteiger partial charge in [0, 0.05) is 16.9 Å². The largest absolute Gasteiger partial charge is 0.497 e. The van der Waals surface area contributed by atoms with Crippen LogP contribution >= 0.6 is 11.8 Å². The summed E-state index contributed by atoms with van der Waals surface area (Å²) in [6, 6.07) is 24.1. The first kappa shape index (κ1) is 25.5. The average Bonchev–Trinajstić information content (AvgIpc) is 3.31. The van der Waals surface area contributed by atoms with Crippen molar-refractivity contribution < 1.29 is 9.53 Å². The zero-order chi connectivity index (χ0) is 25.7. The molecule has 0 fully saturated rings. The molecule has 36 heavy (non-hydrogen) atoms. The van der Waals surface area contributed by atoms with Gasteiger partial charge in [0.1, 0.15) is 5.75 Å². The van der Waals surface area contributed by atoms with Gasteiger partial charge in [0.15, 0.2) is 11.0 Å². The number of ether oxygens (including phenoxy) is 1. The zero-order valence-electron chi connectivity index (χ0n) is 21.4. The number of anilines is 1. The van der Waals surface area contributed by atoms with Crippen LogP contribution in [-0.2, 0) is 16.6 Å². The molecule has 0 radical (unpaired) electrons. The highest BCUT2D eigenvalue weighted by Gasteiger charge is 2.19. The van der Waals surface area contributed by atoms with Gasteiger partial charge in [-0.25, -0.2) is 0 Å². The Morgan fingerprint density at radius 3 is 2.19 bits per heavy atom. The fourth-order valence-corrected chi connectivity index (χ4v) is 4.54. The Kier molecular flexibility index (Phi) is 7.79.